The van der Waals surface area contributed by atoms with Crippen molar-refractivity contribution >= 4 is 110 Å². The number of nitrogens with zero attached hydrogens (tertiary/aromatic N) is 8. The van der Waals surface area contributed by atoms with Gasteiger partial charge in [0.05, 0.1) is 16.6 Å². The predicted molar refractivity (Wildman–Crippen MR) is 382 cm³/mol. The highest BCUT2D eigenvalue weighted by atomic mass is 16.3. The number of aromatic nitrogens is 8. The quantitative estimate of drug-likeness (QED) is 0.135. The minimum absolute atomic E-state index is 0.462. The second kappa shape index (κ2) is 21.1. The van der Waals surface area contributed by atoms with Crippen molar-refractivity contribution in [1.82, 2.24) is 39.9 Å². The summed E-state index contributed by atoms with van der Waals surface area (Å²) in [6.45, 7) is 0. The Kier molecular flexibility index (Phi) is 11.7. The Hall–Kier alpha value is -13.3. The van der Waals surface area contributed by atoms with Gasteiger partial charge in [0.1, 0.15) is 33.5 Å². The van der Waals surface area contributed by atoms with Crippen LogP contribution in [0.5, 0.6) is 0 Å². The van der Waals surface area contributed by atoms with E-state index < -0.39 is 0 Å². The summed E-state index contributed by atoms with van der Waals surface area (Å²) < 4.78 is 26.9. The van der Waals surface area contributed by atoms with Gasteiger partial charge in [0.2, 0.25) is 11.4 Å². The zero-order valence-electron chi connectivity index (χ0n) is 50.8. The summed E-state index contributed by atoms with van der Waals surface area (Å²) >= 11 is 0. The fourth-order valence-corrected chi connectivity index (χ4v) is 13.9. The number of furan rings is 4. The molecule has 20 rings (SSSR count). The highest BCUT2D eigenvalue weighted by Crippen LogP contribution is 2.46. The molecular formula is C84H46N8O4. The minimum atomic E-state index is 0.462. The van der Waals surface area contributed by atoms with Gasteiger partial charge in [-0.3, -0.25) is 0 Å². The van der Waals surface area contributed by atoms with E-state index in [2.05, 4.69) is 109 Å². The third-order valence-corrected chi connectivity index (χ3v) is 18.4. The molecule has 12 nitrogen and oxygen atoms in total. The Bertz CT molecular complexity index is 6540. The summed E-state index contributed by atoms with van der Waals surface area (Å²) in [5.74, 6) is 3.10. The van der Waals surface area contributed by atoms with E-state index in [1.54, 1.807) is 0 Å². The molecule has 0 amide bonds. The first kappa shape index (κ1) is 53.4. The van der Waals surface area contributed by atoms with Crippen LogP contribution >= 0.6 is 0 Å². The van der Waals surface area contributed by atoms with E-state index in [9.17, 15) is 0 Å². The maximum Gasteiger partial charge on any atom is 0.228 e. The molecule has 0 bridgehead atoms. The zero-order chi connectivity index (χ0) is 63.0. The molecule has 0 fully saturated rings. The molecule has 8 aromatic heterocycles. The number of hydrogen-bond acceptors (Lipinski definition) is 12. The van der Waals surface area contributed by atoms with Gasteiger partial charge in [-0.1, -0.05) is 200 Å². The molecule has 96 heavy (non-hydrogen) atoms. The number of pyridine rings is 2. The molecule has 12 aromatic carbocycles. The van der Waals surface area contributed by atoms with Gasteiger partial charge in [-0.15, -0.1) is 0 Å². The molecule has 0 unspecified atom stereocenters. The first-order valence-electron chi connectivity index (χ1n) is 31.7. The van der Waals surface area contributed by atoms with E-state index in [0.717, 1.165) is 137 Å². The van der Waals surface area contributed by atoms with Gasteiger partial charge in [-0.25, -0.2) is 39.9 Å². The lowest BCUT2D eigenvalue weighted by Gasteiger charge is -2.12. The molecule has 20 aromatic rings. The highest BCUT2D eigenvalue weighted by Gasteiger charge is 2.26. The van der Waals surface area contributed by atoms with Crippen molar-refractivity contribution in [3.8, 4) is 102 Å². The molecular weight excluding hydrogens is 1180 g/mol. The Morgan fingerprint density at radius 3 is 1.40 bits per heavy atom. The number of fused-ring (bicyclic) bond motifs is 14. The molecule has 0 radical (unpaired) electrons. The molecule has 8 heterocycles. The normalized spacial score (nSPS) is 12.0. The third-order valence-electron chi connectivity index (χ3n) is 18.4. The smallest absolute Gasteiger partial charge is 0.228 e. The molecule has 0 spiro atoms. The summed E-state index contributed by atoms with van der Waals surface area (Å²) in [6, 6.07) is 94.4. The molecule has 0 aliphatic rings. The standard InChI is InChI=1S/C84H46N8O4/c1-4-19-47(20-5-1)77-87-78(48-21-6-2-7-22-48)91-82(90-77)63-46-66(86-84-76(63)61-40-51-25-10-11-26-52(51)43-71(61)95-84)58-32-18-36-69-74(58)60-38-37-53(44-70(60)94-69)50-28-16-29-55(39-50)80-88-79(49-23-8-3-9-24-49)89-81(92-80)62-42-56(57-31-17-35-68-73(57)59-30-13-15-34-67(59)93-68)45-72-75(62)64-41-54-27-12-14-33-65(54)85-83(64)96-72/h1-46H. The van der Waals surface area contributed by atoms with Crippen molar-refractivity contribution in [2.45, 2.75) is 0 Å². The van der Waals surface area contributed by atoms with Gasteiger partial charge < -0.3 is 17.7 Å². The van der Waals surface area contributed by atoms with Gasteiger partial charge in [-0.05, 0) is 112 Å². The Morgan fingerprint density at radius 2 is 0.677 bits per heavy atom. The van der Waals surface area contributed by atoms with Crippen LogP contribution < -0.4 is 0 Å². The van der Waals surface area contributed by atoms with Gasteiger partial charge in [0.15, 0.2) is 34.9 Å². The van der Waals surface area contributed by atoms with E-state index >= 15 is 0 Å². The third kappa shape index (κ3) is 8.70. The van der Waals surface area contributed by atoms with E-state index in [4.69, 9.17) is 57.5 Å². The average Bonchev–Trinajstić information content (AvgIpc) is 1.55. The summed E-state index contributed by atoms with van der Waals surface area (Å²) in [5, 5.41) is 10.4. The SMILES string of the molecule is c1ccc(-c2nc(-c3cccc(-c4ccc5c(c4)oc4cccc(-c6cc(-c7nc(-c8ccccc8)nc(-c8ccccc8)n7)c7c(n6)oc6cc8ccccc8cc67)c45)c3)nc(-c3cc(-c4cccc5oc6ccccc6c45)cc4oc5nc6ccccc6cc5c34)n2)cc1. The highest BCUT2D eigenvalue weighted by molar-refractivity contribution is 6.19. The first-order valence-corrected chi connectivity index (χ1v) is 31.7. The van der Waals surface area contributed by atoms with Gasteiger partial charge in [0, 0.05) is 82.0 Å². The summed E-state index contributed by atoms with van der Waals surface area (Å²) in [7, 11) is 0. The van der Waals surface area contributed by atoms with Gasteiger partial charge in [0.25, 0.3) is 0 Å². The number of rotatable bonds is 9. The van der Waals surface area contributed by atoms with Crippen molar-refractivity contribution in [3.63, 3.8) is 0 Å². The molecule has 0 saturated heterocycles. The number of benzene rings is 12. The maximum absolute atomic E-state index is 6.87. The molecule has 0 N–H and O–H groups in total. The fraction of sp³-hybridized carbons (Fsp3) is 0. The van der Waals surface area contributed by atoms with Crippen LogP contribution in [0.4, 0.5) is 0 Å². The van der Waals surface area contributed by atoms with Crippen molar-refractivity contribution in [1.29, 1.82) is 0 Å². The van der Waals surface area contributed by atoms with E-state index in [0.29, 0.717) is 74.4 Å². The van der Waals surface area contributed by atoms with Gasteiger partial charge >= 0.3 is 0 Å². The van der Waals surface area contributed by atoms with Crippen molar-refractivity contribution in [3.05, 3.63) is 279 Å². The fourth-order valence-electron chi connectivity index (χ4n) is 13.9. The van der Waals surface area contributed by atoms with Crippen LogP contribution in [0.2, 0.25) is 0 Å². The van der Waals surface area contributed by atoms with Crippen LogP contribution in [0.3, 0.4) is 0 Å². The number of para-hydroxylation sites is 2. The van der Waals surface area contributed by atoms with Crippen LogP contribution in [0.1, 0.15) is 0 Å². The topological polar surface area (TPSA) is 156 Å². The Balaban J connectivity index is 0.737. The summed E-state index contributed by atoms with van der Waals surface area (Å²) in [5.41, 5.74) is 16.4. The second-order valence-corrected chi connectivity index (χ2v) is 24.1. The molecule has 0 aliphatic carbocycles. The lowest BCUT2D eigenvalue weighted by Crippen LogP contribution is -2.01. The molecule has 446 valence electrons. The van der Waals surface area contributed by atoms with Crippen molar-refractivity contribution in [2.24, 2.45) is 0 Å². The Labute approximate surface area is 545 Å². The monoisotopic (exact) mass is 1230 g/mol. The average molecular weight is 1230 g/mol. The maximum atomic E-state index is 6.87. The lowest BCUT2D eigenvalue weighted by molar-refractivity contribution is 0.655. The van der Waals surface area contributed by atoms with E-state index in [-0.39, 0.29) is 0 Å². The van der Waals surface area contributed by atoms with Crippen molar-refractivity contribution < 1.29 is 17.7 Å². The largest absolute Gasteiger partial charge is 0.456 e. The molecule has 12 heteroatoms. The van der Waals surface area contributed by atoms with Crippen LogP contribution in [-0.4, -0.2) is 39.9 Å². The minimum Gasteiger partial charge on any atom is -0.456 e. The van der Waals surface area contributed by atoms with Gasteiger partial charge in [-0.2, -0.15) is 0 Å². The van der Waals surface area contributed by atoms with Crippen LogP contribution in [0, 0.1) is 0 Å². The van der Waals surface area contributed by atoms with Crippen LogP contribution in [-0.2, 0) is 0 Å². The molecule has 0 atom stereocenters. The zero-order valence-corrected chi connectivity index (χ0v) is 50.8. The molecule has 0 saturated carbocycles. The first-order chi connectivity index (χ1) is 47.5. The molecule has 0 aliphatic heterocycles. The van der Waals surface area contributed by atoms with E-state index in [1.165, 1.54) is 0 Å². The van der Waals surface area contributed by atoms with Crippen LogP contribution in [0.25, 0.3) is 212 Å². The number of hydrogen-bond donors (Lipinski definition) is 0. The lowest BCUT2D eigenvalue weighted by atomic mass is 9.95. The predicted octanol–water partition coefficient (Wildman–Crippen LogP) is 21.8. The second-order valence-electron chi connectivity index (χ2n) is 24.1. The summed E-state index contributed by atoms with van der Waals surface area (Å²) in [4.78, 5) is 42.1. The van der Waals surface area contributed by atoms with Crippen LogP contribution in [0.15, 0.2) is 297 Å². The van der Waals surface area contributed by atoms with Crippen molar-refractivity contribution in [2.75, 3.05) is 0 Å². The Morgan fingerprint density at radius 1 is 0.198 bits per heavy atom. The summed E-state index contributed by atoms with van der Waals surface area (Å²) in [6.07, 6.45) is 0. The van der Waals surface area contributed by atoms with E-state index in [1.807, 2.05) is 170 Å².